The van der Waals surface area contributed by atoms with Crippen molar-refractivity contribution in [2.45, 2.75) is 13.0 Å². The molecule has 0 radical (unpaired) electrons. The molecule has 2 nitrogen and oxygen atoms in total. The predicted octanol–water partition coefficient (Wildman–Crippen LogP) is 4.27. The summed E-state index contributed by atoms with van der Waals surface area (Å²) in [6.45, 7) is 2.04. The molecule has 2 N–H and O–H groups in total. The summed E-state index contributed by atoms with van der Waals surface area (Å²) in [4.78, 5) is 0. The summed E-state index contributed by atoms with van der Waals surface area (Å²) < 4.78 is 6.65. The second-order valence-electron chi connectivity index (χ2n) is 4.89. The molecule has 0 saturated heterocycles. The van der Waals surface area contributed by atoms with Crippen LogP contribution in [0.4, 0.5) is 0 Å². The van der Waals surface area contributed by atoms with Crippen LogP contribution in [-0.2, 0) is 0 Å². The number of hydrogen-bond donors (Lipinski definition) is 1. The van der Waals surface area contributed by atoms with E-state index in [1.165, 1.54) is 15.6 Å². The molecule has 0 spiro atoms. The van der Waals surface area contributed by atoms with Crippen LogP contribution in [0.15, 0.2) is 47.8 Å². The van der Waals surface area contributed by atoms with Crippen molar-refractivity contribution in [3.8, 4) is 5.75 Å². The first-order valence-corrected chi connectivity index (χ1v) is 7.45. The van der Waals surface area contributed by atoms with Gasteiger partial charge in [0.15, 0.2) is 0 Å². The fraction of sp³-hybridized carbons (Fsp3) is 0.176. The van der Waals surface area contributed by atoms with Crippen LogP contribution in [0.3, 0.4) is 0 Å². The van der Waals surface area contributed by atoms with Crippen LogP contribution in [0.1, 0.15) is 22.7 Å². The van der Waals surface area contributed by atoms with Crippen molar-refractivity contribution in [3.63, 3.8) is 0 Å². The molecule has 0 amide bonds. The molecule has 2 aromatic carbocycles. The first kappa shape index (κ1) is 13.2. The molecule has 0 saturated carbocycles. The van der Waals surface area contributed by atoms with Crippen LogP contribution in [0.25, 0.3) is 10.1 Å². The molecule has 20 heavy (non-hydrogen) atoms. The molecule has 0 bridgehead atoms. The van der Waals surface area contributed by atoms with Crippen LogP contribution < -0.4 is 10.5 Å². The van der Waals surface area contributed by atoms with Gasteiger partial charge in [-0.2, -0.15) is 0 Å². The minimum atomic E-state index is -0.133. The molecular weight excluding hydrogens is 266 g/mol. The lowest BCUT2D eigenvalue weighted by atomic mass is 9.97. The second kappa shape index (κ2) is 5.27. The van der Waals surface area contributed by atoms with Crippen LogP contribution in [0.5, 0.6) is 5.75 Å². The number of methoxy groups -OCH3 is 1. The number of fused-ring (bicyclic) bond motifs is 1. The van der Waals surface area contributed by atoms with Gasteiger partial charge in [0.25, 0.3) is 0 Å². The lowest BCUT2D eigenvalue weighted by Crippen LogP contribution is -2.12. The maximum Gasteiger partial charge on any atom is 0.122 e. The molecule has 102 valence electrons. The van der Waals surface area contributed by atoms with E-state index in [0.29, 0.717) is 0 Å². The third-order valence-corrected chi connectivity index (χ3v) is 4.62. The van der Waals surface area contributed by atoms with E-state index < -0.39 is 0 Å². The number of benzene rings is 2. The maximum absolute atomic E-state index is 6.47. The van der Waals surface area contributed by atoms with Gasteiger partial charge in [0, 0.05) is 4.70 Å². The highest BCUT2D eigenvalue weighted by molar-refractivity contribution is 7.17. The number of ether oxygens (including phenoxy) is 1. The Balaban J connectivity index is 2.08. The Morgan fingerprint density at radius 1 is 1.15 bits per heavy atom. The smallest absolute Gasteiger partial charge is 0.122 e. The summed E-state index contributed by atoms with van der Waals surface area (Å²) in [5.41, 5.74) is 9.84. The third-order valence-electron chi connectivity index (χ3n) is 3.64. The number of hydrogen-bond acceptors (Lipinski definition) is 3. The first-order chi connectivity index (χ1) is 9.70. The summed E-state index contributed by atoms with van der Waals surface area (Å²) in [6.07, 6.45) is 0. The summed E-state index contributed by atoms with van der Waals surface area (Å²) in [7, 11) is 1.69. The van der Waals surface area contributed by atoms with Gasteiger partial charge in [0.05, 0.1) is 13.2 Å². The number of thiophene rings is 1. The van der Waals surface area contributed by atoms with Crippen molar-refractivity contribution < 1.29 is 4.74 Å². The van der Waals surface area contributed by atoms with E-state index in [2.05, 4.69) is 41.8 Å². The van der Waals surface area contributed by atoms with Gasteiger partial charge >= 0.3 is 0 Å². The number of rotatable bonds is 3. The fourth-order valence-corrected chi connectivity index (χ4v) is 3.42. The lowest BCUT2D eigenvalue weighted by molar-refractivity contribution is 0.411. The highest BCUT2D eigenvalue weighted by Crippen LogP contribution is 2.32. The minimum absolute atomic E-state index is 0.133. The third kappa shape index (κ3) is 2.19. The second-order valence-corrected chi connectivity index (χ2v) is 5.81. The first-order valence-electron chi connectivity index (χ1n) is 6.57. The Bertz CT molecular complexity index is 748. The molecule has 3 aromatic rings. The van der Waals surface area contributed by atoms with Crippen molar-refractivity contribution in [1.29, 1.82) is 0 Å². The molecule has 1 aromatic heterocycles. The zero-order valence-corrected chi connectivity index (χ0v) is 12.4. The van der Waals surface area contributed by atoms with Gasteiger partial charge in [-0.25, -0.2) is 0 Å². The summed E-state index contributed by atoms with van der Waals surface area (Å²) >= 11 is 1.74. The van der Waals surface area contributed by atoms with Gasteiger partial charge in [-0.1, -0.05) is 30.3 Å². The molecule has 0 aliphatic rings. The quantitative estimate of drug-likeness (QED) is 0.779. The Morgan fingerprint density at radius 3 is 2.80 bits per heavy atom. The van der Waals surface area contributed by atoms with Gasteiger partial charge in [0.1, 0.15) is 5.75 Å². The Morgan fingerprint density at radius 2 is 2.00 bits per heavy atom. The van der Waals surface area contributed by atoms with Gasteiger partial charge in [0.2, 0.25) is 0 Å². The van der Waals surface area contributed by atoms with E-state index in [9.17, 15) is 0 Å². The highest BCUT2D eigenvalue weighted by atomic mass is 32.1. The van der Waals surface area contributed by atoms with E-state index in [1.54, 1.807) is 18.4 Å². The number of nitrogens with two attached hydrogens (primary N) is 1. The lowest BCUT2D eigenvalue weighted by Gasteiger charge is -2.15. The van der Waals surface area contributed by atoms with E-state index in [1.807, 2.05) is 13.0 Å². The van der Waals surface area contributed by atoms with Gasteiger partial charge in [-0.15, -0.1) is 11.3 Å². The molecule has 3 heteroatoms. The predicted molar refractivity (Wildman–Crippen MR) is 85.6 cm³/mol. The standard InChI is InChI=1S/C17H17NOS/c1-11-6-7-13(10-15(11)19-2)16(18)14-5-3-4-12-8-9-20-17(12)14/h3-10,16H,18H2,1-2H3. The fourth-order valence-electron chi connectivity index (χ4n) is 2.47. The van der Waals surface area contributed by atoms with Crippen molar-refractivity contribution in [2.75, 3.05) is 7.11 Å². The monoisotopic (exact) mass is 283 g/mol. The molecular formula is C17H17NOS. The van der Waals surface area contributed by atoms with E-state index in [4.69, 9.17) is 10.5 Å². The molecule has 3 rings (SSSR count). The summed E-state index contributed by atoms with van der Waals surface area (Å²) in [6, 6.07) is 14.5. The zero-order chi connectivity index (χ0) is 14.1. The van der Waals surface area contributed by atoms with Crippen LogP contribution in [0, 0.1) is 6.92 Å². The van der Waals surface area contributed by atoms with E-state index in [-0.39, 0.29) is 6.04 Å². The van der Waals surface area contributed by atoms with Crippen LogP contribution >= 0.6 is 11.3 Å². The molecule has 0 fully saturated rings. The Kier molecular flexibility index (Phi) is 3.47. The SMILES string of the molecule is COc1cc(C(N)c2cccc3ccsc23)ccc1C. The van der Waals surface area contributed by atoms with Crippen LogP contribution in [-0.4, -0.2) is 7.11 Å². The Hall–Kier alpha value is -1.84. The van der Waals surface area contributed by atoms with Gasteiger partial charge < -0.3 is 10.5 Å². The van der Waals surface area contributed by atoms with E-state index in [0.717, 1.165) is 16.9 Å². The Labute approximate surface area is 122 Å². The van der Waals surface area contributed by atoms with Crippen molar-refractivity contribution in [2.24, 2.45) is 5.73 Å². The van der Waals surface area contributed by atoms with Gasteiger partial charge in [-0.05, 0) is 46.5 Å². The van der Waals surface area contributed by atoms with Crippen molar-refractivity contribution in [3.05, 3.63) is 64.5 Å². The topological polar surface area (TPSA) is 35.2 Å². The molecule has 1 unspecified atom stereocenters. The molecule has 0 aliphatic carbocycles. The molecule has 1 atom stereocenters. The number of aryl methyl sites for hydroxylation is 1. The largest absolute Gasteiger partial charge is 0.496 e. The van der Waals surface area contributed by atoms with Gasteiger partial charge in [-0.3, -0.25) is 0 Å². The summed E-state index contributed by atoms with van der Waals surface area (Å²) in [5.74, 6) is 0.885. The highest BCUT2D eigenvalue weighted by Gasteiger charge is 2.14. The molecule has 1 heterocycles. The average molecular weight is 283 g/mol. The van der Waals surface area contributed by atoms with Crippen molar-refractivity contribution in [1.82, 2.24) is 0 Å². The van der Waals surface area contributed by atoms with Crippen molar-refractivity contribution >= 4 is 21.4 Å². The average Bonchev–Trinajstić information content (AvgIpc) is 2.95. The summed E-state index contributed by atoms with van der Waals surface area (Å²) in [5, 5.41) is 3.36. The van der Waals surface area contributed by atoms with E-state index >= 15 is 0 Å². The normalized spacial score (nSPS) is 12.6. The maximum atomic E-state index is 6.47. The zero-order valence-electron chi connectivity index (χ0n) is 11.6. The molecule has 0 aliphatic heterocycles. The minimum Gasteiger partial charge on any atom is -0.496 e. The van der Waals surface area contributed by atoms with Crippen LogP contribution in [0.2, 0.25) is 0 Å².